The molecule has 0 spiro atoms. The summed E-state index contributed by atoms with van der Waals surface area (Å²) in [7, 11) is 3.30. The first-order valence-corrected chi connectivity index (χ1v) is 12.1. The van der Waals surface area contributed by atoms with Crippen molar-refractivity contribution in [3.8, 4) is 0 Å². The summed E-state index contributed by atoms with van der Waals surface area (Å²) >= 11 is 18.0. The number of pyridine rings is 1. The zero-order chi connectivity index (χ0) is 29.6. The van der Waals surface area contributed by atoms with Crippen molar-refractivity contribution in [3.63, 3.8) is 0 Å². The van der Waals surface area contributed by atoms with Crippen LogP contribution >= 0.6 is 34.8 Å². The van der Waals surface area contributed by atoms with Crippen LogP contribution in [0.2, 0.25) is 15.2 Å². The Morgan fingerprint density at radius 3 is 2.05 bits per heavy atom. The van der Waals surface area contributed by atoms with Gasteiger partial charge in [0, 0.05) is 30.6 Å². The molecule has 1 aliphatic carbocycles. The number of rotatable bonds is 8. The number of nitrogens with one attached hydrogen (secondary N) is 2. The molecular formula is C23H20Cl3F7N5O+. The van der Waals surface area contributed by atoms with Crippen LogP contribution in [0, 0.1) is 5.41 Å². The van der Waals surface area contributed by atoms with E-state index in [1.54, 1.807) is 14.1 Å². The second-order valence-corrected chi connectivity index (χ2v) is 9.82. The van der Waals surface area contributed by atoms with Crippen molar-refractivity contribution in [1.29, 1.82) is 5.41 Å². The van der Waals surface area contributed by atoms with Crippen LogP contribution in [0.15, 0.2) is 30.6 Å². The Hall–Kier alpha value is -2.45. The third-order valence-electron chi connectivity index (χ3n) is 6.38. The molecule has 1 fully saturated rings. The smallest absolute Gasteiger partial charge is 0.323 e. The molecule has 4 N–H and O–H groups in total. The predicted octanol–water partition coefficient (Wildman–Crippen LogP) is 6.00. The maximum absolute atomic E-state index is 14.4. The average Bonchev–Trinajstić information content (AvgIpc) is 3.65. The van der Waals surface area contributed by atoms with E-state index >= 15 is 0 Å². The van der Waals surface area contributed by atoms with Crippen molar-refractivity contribution in [2.75, 3.05) is 14.1 Å². The Balaban J connectivity index is 1.96. The summed E-state index contributed by atoms with van der Waals surface area (Å²) in [6, 6.07) is 1.75. The Bertz CT molecular complexity index is 1290. The van der Waals surface area contributed by atoms with Gasteiger partial charge in [0.2, 0.25) is 0 Å². The van der Waals surface area contributed by atoms with Crippen molar-refractivity contribution in [1.82, 2.24) is 15.2 Å². The van der Waals surface area contributed by atoms with E-state index in [9.17, 15) is 35.5 Å². The molecule has 212 valence electrons. The highest BCUT2D eigenvalue weighted by atomic mass is 35.5. The fourth-order valence-electron chi connectivity index (χ4n) is 3.83. The number of halogens is 10. The Labute approximate surface area is 232 Å². The standard InChI is InChI=1S/C23H19Cl3F7N5O/c1-35-20(3-4-20)38(2)19(39)14-5-11(9-37-18(14)26)12(8-34)10-36-17-15(24)6-13(7-16(17)25)21(27,22(28,29)30)23(31,32)33/h5-10,34-36H,3-4H2,1-2H3/p+1. The van der Waals surface area contributed by atoms with Crippen LogP contribution in [0.3, 0.4) is 0 Å². The van der Waals surface area contributed by atoms with Gasteiger partial charge in [-0.1, -0.05) is 34.8 Å². The highest BCUT2D eigenvalue weighted by molar-refractivity contribution is 6.38. The van der Waals surface area contributed by atoms with Gasteiger partial charge in [-0.05, 0) is 38.1 Å². The molecule has 0 unspecified atom stereocenters. The minimum atomic E-state index is -6.34. The lowest BCUT2D eigenvalue weighted by atomic mass is 9.94. The molecule has 0 aliphatic heterocycles. The van der Waals surface area contributed by atoms with Gasteiger partial charge in [0.25, 0.3) is 5.91 Å². The van der Waals surface area contributed by atoms with Crippen LogP contribution in [-0.2, 0) is 5.67 Å². The minimum Gasteiger partial charge on any atom is -0.323 e. The molecule has 16 heteroatoms. The number of allylic oxidation sites excluding steroid dienone is 1. The van der Waals surface area contributed by atoms with Crippen LogP contribution in [0.1, 0.15) is 34.3 Å². The molecule has 6 nitrogen and oxygen atoms in total. The van der Waals surface area contributed by atoms with Gasteiger partial charge in [0.15, 0.2) is 5.69 Å². The molecule has 0 saturated heterocycles. The van der Waals surface area contributed by atoms with Gasteiger partial charge in [-0.2, -0.15) is 26.3 Å². The molecule has 0 atom stereocenters. The fourth-order valence-corrected chi connectivity index (χ4v) is 4.63. The molecule has 1 saturated carbocycles. The number of carbonyl (C=O) groups is 1. The van der Waals surface area contributed by atoms with Gasteiger partial charge in [0.1, 0.15) is 21.4 Å². The van der Waals surface area contributed by atoms with Gasteiger partial charge in [0.05, 0.1) is 16.8 Å². The summed E-state index contributed by atoms with van der Waals surface area (Å²) in [5.41, 5.74) is -7.93. The van der Waals surface area contributed by atoms with Gasteiger partial charge < -0.3 is 10.3 Å². The summed E-state index contributed by atoms with van der Waals surface area (Å²) in [5.74, 6) is -0.444. The first-order chi connectivity index (χ1) is 17.9. The fraction of sp³-hybridized carbons (Fsp3) is 0.348. The molecule has 1 aromatic heterocycles. The number of hydrogen-bond acceptors (Lipinski definition) is 4. The lowest BCUT2D eigenvalue weighted by Gasteiger charge is -2.30. The van der Waals surface area contributed by atoms with Crippen LogP contribution in [0.5, 0.6) is 0 Å². The van der Waals surface area contributed by atoms with Crippen LogP contribution in [-0.4, -0.2) is 54.1 Å². The quantitative estimate of drug-likeness (QED) is 0.111. The van der Waals surface area contributed by atoms with Crippen molar-refractivity contribution in [3.05, 3.63) is 62.5 Å². The summed E-state index contributed by atoms with van der Waals surface area (Å²) in [6.45, 7) is 0. The lowest BCUT2D eigenvalue weighted by Crippen LogP contribution is -2.71. The SMILES string of the molecule is CNC1(N(C)C(=O)c2cc(C(C=N)=C[NH2+]c3c(Cl)cc(C(F)(C(F)(F)F)C(F)(F)F)cc3Cl)cnc2Cl)CC1. The zero-order valence-electron chi connectivity index (χ0n) is 20.0. The lowest BCUT2D eigenvalue weighted by molar-refractivity contribution is -0.495. The summed E-state index contributed by atoms with van der Waals surface area (Å²) in [4.78, 5) is 18.5. The first kappa shape index (κ1) is 31.1. The highest BCUT2D eigenvalue weighted by Gasteiger charge is 2.73. The number of quaternary nitrogens is 1. The van der Waals surface area contributed by atoms with E-state index in [0.29, 0.717) is 0 Å². The minimum absolute atomic E-state index is 0.0324. The number of hydrogen-bond donors (Lipinski definition) is 3. The maximum Gasteiger partial charge on any atom is 0.435 e. The number of nitrogens with two attached hydrogens (primary N) is 1. The zero-order valence-corrected chi connectivity index (χ0v) is 22.3. The van der Waals surface area contributed by atoms with E-state index in [2.05, 4.69) is 10.3 Å². The number of amides is 1. The normalized spacial score (nSPS) is 15.7. The molecule has 2 aromatic rings. The molecule has 0 radical (unpaired) electrons. The Kier molecular flexibility index (Phi) is 8.64. The van der Waals surface area contributed by atoms with Crippen molar-refractivity contribution in [2.24, 2.45) is 0 Å². The number of nitrogens with zero attached hydrogens (tertiary/aromatic N) is 2. The van der Waals surface area contributed by atoms with Gasteiger partial charge in [-0.25, -0.2) is 9.37 Å². The molecule has 1 aliphatic rings. The van der Waals surface area contributed by atoms with Crippen molar-refractivity contribution in [2.45, 2.75) is 36.5 Å². The Morgan fingerprint density at radius 2 is 1.62 bits per heavy atom. The highest BCUT2D eigenvalue weighted by Crippen LogP contribution is 2.54. The average molecular weight is 622 g/mol. The summed E-state index contributed by atoms with van der Waals surface area (Å²) in [6.07, 6.45) is -7.90. The van der Waals surface area contributed by atoms with Crippen LogP contribution < -0.4 is 10.6 Å². The van der Waals surface area contributed by atoms with Gasteiger partial charge in [-0.3, -0.25) is 15.4 Å². The molecule has 1 heterocycles. The Morgan fingerprint density at radius 1 is 1.08 bits per heavy atom. The van der Waals surface area contributed by atoms with Crippen LogP contribution in [0.25, 0.3) is 5.57 Å². The topological polar surface area (TPSA) is 85.7 Å². The van der Waals surface area contributed by atoms with Crippen molar-refractivity contribution < 1.29 is 40.8 Å². The van der Waals surface area contributed by atoms with Gasteiger partial charge in [-0.15, -0.1) is 0 Å². The second kappa shape index (κ2) is 10.8. The summed E-state index contributed by atoms with van der Waals surface area (Å²) < 4.78 is 93.2. The molecule has 1 amide bonds. The summed E-state index contributed by atoms with van der Waals surface area (Å²) in [5, 5.41) is 10.4. The number of alkyl halides is 7. The predicted molar refractivity (Wildman–Crippen MR) is 132 cm³/mol. The molecule has 3 rings (SSSR count). The van der Waals surface area contributed by atoms with E-state index in [4.69, 9.17) is 40.2 Å². The molecule has 0 bridgehead atoms. The third kappa shape index (κ3) is 5.73. The second-order valence-electron chi connectivity index (χ2n) is 8.65. The van der Waals surface area contributed by atoms with Gasteiger partial charge >= 0.3 is 18.0 Å². The number of carbonyl (C=O) groups excluding carboxylic acids is 1. The maximum atomic E-state index is 14.4. The van der Waals surface area contributed by atoms with Crippen LogP contribution in [0.4, 0.5) is 36.4 Å². The monoisotopic (exact) mass is 620 g/mol. The number of aromatic nitrogens is 1. The van der Waals surface area contributed by atoms with E-state index < -0.39 is 45.2 Å². The van der Waals surface area contributed by atoms with E-state index in [-0.39, 0.29) is 39.7 Å². The van der Waals surface area contributed by atoms with E-state index in [0.717, 1.165) is 24.4 Å². The van der Waals surface area contributed by atoms with Crippen molar-refractivity contribution >= 4 is 58.2 Å². The molecule has 39 heavy (non-hydrogen) atoms. The number of benzene rings is 1. The van der Waals surface area contributed by atoms with E-state index in [1.165, 1.54) is 23.4 Å². The molecule has 1 aromatic carbocycles. The third-order valence-corrected chi connectivity index (χ3v) is 7.31. The first-order valence-electron chi connectivity index (χ1n) is 10.9. The largest absolute Gasteiger partial charge is 0.435 e. The molecular weight excluding hydrogens is 602 g/mol. The van der Waals surface area contributed by atoms with E-state index in [1.807, 2.05) is 0 Å².